The largest absolute Gasteiger partial charge is 0.391 e. The van der Waals surface area contributed by atoms with Crippen molar-refractivity contribution in [2.75, 3.05) is 13.1 Å². The van der Waals surface area contributed by atoms with E-state index in [4.69, 9.17) is 4.74 Å². The van der Waals surface area contributed by atoms with Crippen molar-refractivity contribution in [2.45, 2.75) is 82.6 Å². The zero-order chi connectivity index (χ0) is 15.4. The van der Waals surface area contributed by atoms with E-state index in [0.29, 0.717) is 30.7 Å². The van der Waals surface area contributed by atoms with Gasteiger partial charge in [-0.2, -0.15) is 0 Å². The van der Waals surface area contributed by atoms with E-state index in [2.05, 4.69) is 22.5 Å². The molecule has 4 atom stereocenters. The summed E-state index contributed by atoms with van der Waals surface area (Å²) in [6.07, 6.45) is 10.1. The molecule has 3 aliphatic rings. The first-order valence-corrected chi connectivity index (χ1v) is 9.14. The molecule has 0 aromatic rings. The maximum Gasteiger partial charge on any atom is 0.191 e. The summed E-state index contributed by atoms with van der Waals surface area (Å²) >= 11 is 0. The summed E-state index contributed by atoms with van der Waals surface area (Å²) in [4.78, 5) is 4.62. The third kappa shape index (κ3) is 3.93. The molecule has 0 radical (unpaired) electrons. The first-order chi connectivity index (χ1) is 10.8. The molecule has 0 aromatic carbocycles. The Morgan fingerprint density at radius 1 is 1.23 bits per heavy atom. The van der Waals surface area contributed by atoms with Crippen LogP contribution in [0, 0.1) is 5.92 Å². The van der Waals surface area contributed by atoms with E-state index in [-0.39, 0.29) is 6.10 Å². The Kier molecular flexibility index (Phi) is 5.58. The number of nitrogens with zero attached hydrogens (tertiary/aromatic N) is 1. The van der Waals surface area contributed by atoms with Gasteiger partial charge in [0.05, 0.1) is 30.9 Å². The normalized spacial score (nSPS) is 33.9. The molecule has 0 amide bonds. The van der Waals surface area contributed by atoms with Crippen LogP contribution in [0.1, 0.15) is 58.3 Å². The predicted molar refractivity (Wildman–Crippen MR) is 88.0 cm³/mol. The van der Waals surface area contributed by atoms with E-state index in [1.165, 1.54) is 25.7 Å². The van der Waals surface area contributed by atoms with Gasteiger partial charge in [-0.15, -0.1) is 0 Å². The Hall–Kier alpha value is -0.810. The topological polar surface area (TPSA) is 65.9 Å². The highest BCUT2D eigenvalue weighted by Crippen LogP contribution is 2.34. The maximum atomic E-state index is 10.4. The van der Waals surface area contributed by atoms with Gasteiger partial charge in [-0.05, 0) is 44.9 Å². The van der Waals surface area contributed by atoms with Crippen molar-refractivity contribution < 1.29 is 9.84 Å². The fourth-order valence-electron chi connectivity index (χ4n) is 4.14. The lowest BCUT2D eigenvalue weighted by Crippen LogP contribution is -2.47. The van der Waals surface area contributed by atoms with Crippen molar-refractivity contribution in [3.8, 4) is 0 Å². The van der Waals surface area contributed by atoms with Gasteiger partial charge in [0.15, 0.2) is 5.96 Å². The van der Waals surface area contributed by atoms with Gasteiger partial charge < -0.3 is 20.5 Å². The molecule has 126 valence electrons. The number of hydrogen-bond donors (Lipinski definition) is 3. The molecule has 1 aliphatic carbocycles. The molecule has 2 aliphatic heterocycles. The Morgan fingerprint density at radius 3 is 2.68 bits per heavy atom. The monoisotopic (exact) mass is 309 g/mol. The summed E-state index contributed by atoms with van der Waals surface area (Å²) in [5, 5.41) is 17.2. The predicted octanol–water partition coefficient (Wildman–Crippen LogP) is 1.80. The molecule has 1 saturated carbocycles. The SMILES string of the molecule is CCNC(=NCC(O)C1CCCCC1)NC1CC2CCC1O2. The summed E-state index contributed by atoms with van der Waals surface area (Å²) in [6.45, 7) is 3.42. The third-order valence-electron chi connectivity index (χ3n) is 5.40. The van der Waals surface area contributed by atoms with Crippen molar-refractivity contribution >= 4 is 5.96 Å². The Morgan fingerprint density at radius 2 is 2.05 bits per heavy atom. The zero-order valence-electron chi connectivity index (χ0n) is 13.8. The second-order valence-electron chi connectivity index (χ2n) is 7.05. The van der Waals surface area contributed by atoms with Crippen LogP contribution < -0.4 is 10.6 Å². The quantitative estimate of drug-likeness (QED) is 0.535. The summed E-state index contributed by atoms with van der Waals surface area (Å²) < 4.78 is 5.89. The van der Waals surface area contributed by atoms with Gasteiger partial charge in [-0.3, -0.25) is 4.99 Å². The summed E-state index contributed by atoms with van der Waals surface area (Å²) in [7, 11) is 0. The van der Waals surface area contributed by atoms with Crippen molar-refractivity contribution in [2.24, 2.45) is 10.9 Å². The van der Waals surface area contributed by atoms with Crippen molar-refractivity contribution in [3.05, 3.63) is 0 Å². The lowest BCUT2D eigenvalue weighted by Gasteiger charge is -2.26. The van der Waals surface area contributed by atoms with Crippen LogP contribution >= 0.6 is 0 Å². The lowest BCUT2D eigenvalue weighted by molar-refractivity contribution is 0.0921. The highest BCUT2D eigenvalue weighted by atomic mass is 16.5. The van der Waals surface area contributed by atoms with Crippen LogP contribution in [-0.4, -0.2) is 48.5 Å². The van der Waals surface area contributed by atoms with E-state index in [1.807, 2.05) is 0 Å². The number of fused-ring (bicyclic) bond motifs is 2. The van der Waals surface area contributed by atoms with Gasteiger partial charge in [-0.1, -0.05) is 19.3 Å². The summed E-state index contributed by atoms with van der Waals surface area (Å²) in [5.41, 5.74) is 0. The highest BCUT2D eigenvalue weighted by molar-refractivity contribution is 5.80. The van der Waals surface area contributed by atoms with Crippen LogP contribution in [-0.2, 0) is 4.74 Å². The molecule has 0 spiro atoms. The number of hydrogen-bond acceptors (Lipinski definition) is 3. The van der Waals surface area contributed by atoms with Gasteiger partial charge in [0.1, 0.15) is 0 Å². The first kappa shape index (κ1) is 16.1. The molecule has 3 fully saturated rings. The zero-order valence-corrected chi connectivity index (χ0v) is 13.8. The van der Waals surface area contributed by atoms with Crippen molar-refractivity contribution in [3.63, 3.8) is 0 Å². The third-order valence-corrected chi connectivity index (χ3v) is 5.40. The fourth-order valence-corrected chi connectivity index (χ4v) is 4.14. The number of rotatable bonds is 5. The molecule has 2 bridgehead atoms. The van der Waals surface area contributed by atoms with E-state index in [1.54, 1.807) is 0 Å². The Labute approximate surface area is 133 Å². The van der Waals surface area contributed by atoms with Gasteiger partial charge in [0, 0.05) is 6.54 Å². The molecular weight excluding hydrogens is 278 g/mol. The molecule has 5 heteroatoms. The minimum absolute atomic E-state index is 0.299. The van der Waals surface area contributed by atoms with Crippen molar-refractivity contribution in [1.82, 2.24) is 10.6 Å². The number of ether oxygens (including phenoxy) is 1. The number of aliphatic hydroxyl groups excluding tert-OH is 1. The average Bonchev–Trinajstić information content (AvgIpc) is 3.16. The smallest absolute Gasteiger partial charge is 0.191 e. The Bertz CT molecular complexity index is 382. The van der Waals surface area contributed by atoms with Crippen LogP contribution in [0.2, 0.25) is 0 Å². The van der Waals surface area contributed by atoms with E-state index in [9.17, 15) is 5.11 Å². The Balaban J connectivity index is 1.51. The number of aliphatic imine (C=N–C) groups is 1. The number of guanidine groups is 1. The van der Waals surface area contributed by atoms with Crippen LogP contribution in [0.5, 0.6) is 0 Å². The molecule has 3 N–H and O–H groups in total. The van der Waals surface area contributed by atoms with Crippen LogP contribution in [0.15, 0.2) is 4.99 Å². The minimum Gasteiger partial charge on any atom is -0.391 e. The lowest BCUT2D eigenvalue weighted by atomic mass is 9.85. The van der Waals surface area contributed by atoms with E-state index in [0.717, 1.165) is 38.2 Å². The summed E-state index contributed by atoms with van der Waals surface area (Å²) in [6, 6.07) is 0.378. The molecule has 5 nitrogen and oxygen atoms in total. The van der Waals surface area contributed by atoms with Gasteiger partial charge in [-0.25, -0.2) is 0 Å². The minimum atomic E-state index is -0.299. The fraction of sp³-hybridized carbons (Fsp3) is 0.941. The molecule has 22 heavy (non-hydrogen) atoms. The molecule has 0 aromatic heterocycles. The van der Waals surface area contributed by atoms with Gasteiger partial charge >= 0.3 is 0 Å². The highest BCUT2D eigenvalue weighted by Gasteiger charge is 2.41. The maximum absolute atomic E-state index is 10.4. The average molecular weight is 309 g/mol. The standard InChI is InChI=1S/C17H31N3O2/c1-2-18-17(20-14-10-13-8-9-16(14)22-13)19-11-15(21)12-6-4-3-5-7-12/h12-16,21H,2-11H2,1H3,(H2,18,19,20). The summed E-state index contributed by atoms with van der Waals surface area (Å²) in [5.74, 6) is 1.27. The molecular formula is C17H31N3O2. The van der Waals surface area contributed by atoms with Crippen LogP contribution in [0.3, 0.4) is 0 Å². The molecule has 2 heterocycles. The number of aliphatic hydroxyl groups is 1. The second kappa shape index (κ2) is 7.64. The number of nitrogens with one attached hydrogen (secondary N) is 2. The molecule has 2 saturated heterocycles. The van der Waals surface area contributed by atoms with Crippen molar-refractivity contribution in [1.29, 1.82) is 0 Å². The van der Waals surface area contributed by atoms with Crippen LogP contribution in [0.4, 0.5) is 0 Å². The van der Waals surface area contributed by atoms with Crippen LogP contribution in [0.25, 0.3) is 0 Å². The molecule has 4 unspecified atom stereocenters. The first-order valence-electron chi connectivity index (χ1n) is 9.14. The second-order valence-corrected chi connectivity index (χ2v) is 7.05. The molecule has 3 rings (SSSR count). The van der Waals surface area contributed by atoms with E-state index >= 15 is 0 Å². The van der Waals surface area contributed by atoms with Gasteiger partial charge in [0.25, 0.3) is 0 Å². The van der Waals surface area contributed by atoms with E-state index < -0.39 is 0 Å². The van der Waals surface area contributed by atoms with Gasteiger partial charge in [0.2, 0.25) is 0 Å².